The van der Waals surface area contributed by atoms with Gasteiger partial charge in [-0.15, -0.1) is 0 Å². The summed E-state index contributed by atoms with van der Waals surface area (Å²) in [6, 6.07) is 25.8. The standard InChI is InChI=1S/C29H30N2O3/c1-3-21-9-11-22(12-10-21)13-14-25-17-24-15-16-26(34-2)18-27(24)31(29(25)33)20-28(32)30-19-23-7-5-4-6-8-23/h4-12,15-18H,3,13-14,19-20H2,1-2H3,(H,30,32). The van der Waals surface area contributed by atoms with E-state index in [1.807, 2.05) is 54.6 Å². The Bertz CT molecular complexity index is 1330. The molecule has 174 valence electrons. The first kappa shape index (κ1) is 23.3. The highest BCUT2D eigenvalue weighted by molar-refractivity contribution is 5.84. The van der Waals surface area contributed by atoms with Gasteiger partial charge in [0.05, 0.1) is 12.6 Å². The molecule has 1 N–H and O–H groups in total. The normalized spacial score (nSPS) is 10.9. The Hall–Kier alpha value is -3.86. The Labute approximate surface area is 200 Å². The number of hydrogen-bond donors (Lipinski definition) is 1. The lowest BCUT2D eigenvalue weighted by Gasteiger charge is -2.14. The van der Waals surface area contributed by atoms with Crippen LogP contribution in [0.5, 0.6) is 5.75 Å². The van der Waals surface area contributed by atoms with E-state index >= 15 is 0 Å². The summed E-state index contributed by atoms with van der Waals surface area (Å²) in [6.07, 6.45) is 2.38. The molecule has 0 radical (unpaired) electrons. The SMILES string of the molecule is CCc1ccc(CCc2cc3ccc(OC)cc3n(CC(=O)NCc3ccccc3)c2=O)cc1. The Balaban J connectivity index is 1.60. The van der Waals surface area contributed by atoms with Gasteiger partial charge in [-0.05, 0) is 59.5 Å². The third-order valence-electron chi connectivity index (χ3n) is 6.13. The second kappa shape index (κ2) is 10.8. The van der Waals surface area contributed by atoms with Gasteiger partial charge in [-0.3, -0.25) is 14.2 Å². The van der Waals surface area contributed by atoms with Crippen molar-refractivity contribution in [3.8, 4) is 5.75 Å². The van der Waals surface area contributed by atoms with E-state index in [-0.39, 0.29) is 18.0 Å². The molecule has 0 atom stereocenters. The average molecular weight is 455 g/mol. The predicted molar refractivity (Wildman–Crippen MR) is 136 cm³/mol. The summed E-state index contributed by atoms with van der Waals surface area (Å²) in [7, 11) is 1.59. The first-order chi connectivity index (χ1) is 16.6. The summed E-state index contributed by atoms with van der Waals surface area (Å²) in [5.41, 5.74) is 4.76. The van der Waals surface area contributed by atoms with Crippen molar-refractivity contribution in [2.75, 3.05) is 7.11 Å². The van der Waals surface area contributed by atoms with Crippen LogP contribution in [-0.2, 0) is 37.1 Å². The molecule has 0 bridgehead atoms. The van der Waals surface area contributed by atoms with E-state index in [1.165, 1.54) is 11.1 Å². The maximum absolute atomic E-state index is 13.5. The lowest BCUT2D eigenvalue weighted by molar-refractivity contribution is -0.121. The molecule has 1 amide bonds. The molecule has 34 heavy (non-hydrogen) atoms. The van der Waals surface area contributed by atoms with Crippen molar-refractivity contribution >= 4 is 16.8 Å². The van der Waals surface area contributed by atoms with Crippen molar-refractivity contribution in [2.24, 2.45) is 0 Å². The van der Waals surface area contributed by atoms with Crippen LogP contribution >= 0.6 is 0 Å². The zero-order chi connectivity index (χ0) is 23.9. The van der Waals surface area contributed by atoms with Gasteiger partial charge in [0.25, 0.3) is 5.56 Å². The summed E-state index contributed by atoms with van der Waals surface area (Å²) in [6.45, 7) is 2.51. The van der Waals surface area contributed by atoms with Crippen molar-refractivity contribution in [2.45, 2.75) is 39.3 Å². The second-order valence-electron chi connectivity index (χ2n) is 8.42. The lowest BCUT2D eigenvalue weighted by Crippen LogP contribution is -2.33. The van der Waals surface area contributed by atoms with Gasteiger partial charge in [0.15, 0.2) is 0 Å². The number of aryl methyl sites for hydroxylation is 3. The summed E-state index contributed by atoms with van der Waals surface area (Å²) in [4.78, 5) is 26.2. The number of amides is 1. The highest BCUT2D eigenvalue weighted by Crippen LogP contribution is 2.21. The summed E-state index contributed by atoms with van der Waals surface area (Å²) in [5.74, 6) is 0.441. The van der Waals surface area contributed by atoms with Crippen molar-refractivity contribution < 1.29 is 9.53 Å². The fraction of sp³-hybridized carbons (Fsp3) is 0.241. The molecule has 0 aliphatic rings. The van der Waals surface area contributed by atoms with Crippen LogP contribution in [0.4, 0.5) is 0 Å². The van der Waals surface area contributed by atoms with Gasteiger partial charge in [-0.2, -0.15) is 0 Å². The van der Waals surface area contributed by atoms with Gasteiger partial charge < -0.3 is 10.1 Å². The molecule has 5 heteroatoms. The third kappa shape index (κ3) is 5.54. The maximum Gasteiger partial charge on any atom is 0.254 e. The molecule has 0 aliphatic heterocycles. The highest BCUT2D eigenvalue weighted by Gasteiger charge is 2.14. The van der Waals surface area contributed by atoms with E-state index in [2.05, 4.69) is 36.5 Å². The van der Waals surface area contributed by atoms with Crippen molar-refractivity contribution in [3.63, 3.8) is 0 Å². The second-order valence-corrected chi connectivity index (χ2v) is 8.42. The minimum absolute atomic E-state index is 0.0473. The monoisotopic (exact) mass is 454 g/mol. The number of carbonyl (C=O) groups is 1. The number of pyridine rings is 1. The van der Waals surface area contributed by atoms with Crippen molar-refractivity contribution in [3.05, 3.63) is 111 Å². The molecular formula is C29H30N2O3. The van der Waals surface area contributed by atoms with Gasteiger partial charge in [-0.25, -0.2) is 0 Å². The van der Waals surface area contributed by atoms with E-state index in [0.717, 1.165) is 23.8 Å². The number of carbonyl (C=O) groups excluding carboxylic acids is 1. The topological polar surface area (TPSA) is 60.3 Å². The number of methoxy groups -OCH3 is 1. The Morgan fingerprint density at radius 1 is 0.882 bits per heavy atom. The van der Waals surface area contributed by atoms with Crippen LogP contribution in [-0.4, -0.2) is 17.6 Å². The quantitative estimate of drug-likeness (QED) is 0.400. The lowest BCUT2D eigenvalue weighted by atomic mass is 10.0. The van der Waals surface area contributed by atoms with Crippen LogP contribution < -0.4 is 15.6 Å². The molecule has 5 nitrogen and oxygen atoms in total. The van der Waals surface area contributed by atoms with Crippen LogP contribution in [0, 0.1) is 0 Å². The molecule has 0 aliphatic carbocycles. The predicted octanol–water partition coefficient (Wildman–Crippen LogP) is 4.67. The van der Waals surface area contributed by atoms with E-state index in [4.69, 9.17) is 4.74 Å². The van der Waals surface area contributed by atoms with Crippen LogP contribution in [0.25, 0.3) is 10.9 Å². The number of nitrogens with zero attached hydrogens (tertiary/aromatic N) is 1. The molecule has 0 saturated heterocycles. The number of hydrogen-bond acceptors (Lipinski definition) is 3. The van der Waals surface area contributed by atoms with Gasteiger partial charge in [0.2, 0.25) is 5.91 Å². The van der Waals surface area contributed by atoms with Crippen molar-refractivity contribution in [1.82, 2.24) is 9.88 Å². The van der Waals surface area contributed by atoms with Crippen molar-refractivity contribution in [1.29, 1.82) is 0 Å². The smallest absolute Gasteiger partial charge is 0.254 e. The number of rotatable bonds is 9. The first-order valence-corrected chi connectivity index (χ1v) is 11.7. The molecule has 0 spiro atoms. The number of benzene rings is 3. The molecule has 1 aromatic heterocycles. The van der Waals surface area contributed by atoms with E-state index in [0.29, 0.717) is 29.8 Å². The van der Waals surface area contributed by atoms with E-state index < -0.39 is 0 Å². The summed E-state index contributed by atoms with van der Waals surface area (Å²) >= 11 is 0. The molecular weight excluding hydrogens is 424 g/mol. The Kier molecular flexibility index (Phi) is 7.43. The molecule has 3 aromatic carbocycles. The molecule has 0 unspecified atom stereocenters. The Morgan fingerprint density at radius 2 is 1.62 bits per heavy atom. The Morgan fingerprint density at radius 3 is 2.32 bits per heavy atom. The number of fused-ring (bicyclic) bond motifs is 1. The van der Waals surface area contributed by atoms with Crippen LogP contribution in [0.15, 0.2) is 83.7 Å². The minimum Gasteiger partial charge on any atom is -0.497 e. The first-order valence-electron chi connectivity index (χ1n) is 11.7. The van der Waals surface area contributed by atoms with Gasteiger partial charge in [0, 0.05) is 18.2 Å². The van der Waals surface area contributed by atoms with E-state index in [9.17, 15) is 9.59 Å². The third-order valence-corrected chi connectivity index (χ3v) is 6.13. The molecule has 4 rings (SSSR count). The van der Waals surface area contributed by atoms with Gasteiger partial charge in [-0.1, -0.05) is 61.5 Å². The van der Waals surface area contributed by atoms with Crippen LogP contribution in [0.3, 0.4) is 0 Å². The number of nitrogens with one attached hydrogen (secondary N) is 1. The highest BCUT2D eigenvalue weighted by atomic mass is 16.5. The summed E-state index contributed by atoms with van der Waals surface area (Å²) in [5, 5.41) is 3.84. The van der Waals surface area contributed by atoms with E-state index in [1.54, 1.807) is 11.7 Å². The summed E-state index contributed by atoms with van der Waals surface area (Å²) < 4.78 is 6.93. The fourth-order valence-electron chi connectivity index (χ4n) is 4.09. The molecule has 0 fully saturated rings. The minimum atomic E-state index is -0.206. The van der Waals surface area contributed by atoms with Gasteiger partial charge >= 0.3 is 0 Å². The van der Waals surface area contributed by atoms with Crippen LogP contribution in [0.1, 0.15) is 29.2 Å². The van der Waals surface area contributed by atoms with Gasteiger partial charge in [0.1, 0.15) is 12.3 Å². The maximum atomic E-state index is 13.5. The average Bonchev–Trinajstić information content (AvgIpc) is 2.88. The zero-order valence-electron chi connectivity index (χ0n) is 19.7. The molecule has 0 saturated carbocycles. The number of ether oxygens (including phenoxy) is 1. The largest absolute Gasteiger partial charge is 0.497 e. The zero-order valence-corrected chi connectivity index (χ0v) is 19.7. The molecule has 4 aromatic rings. The van der Waals surface area contributed by atoms with Crippen LogP contribution in [0.2, 0.25) is 0 Å². The fourth-order valence-corrected chi connectivity index (χ4v) is 4.09. The number of aromatic nitrogens is 1. The molecule has 1 heterocycles.